The first-order chi connectivity index (χ1) is 12.7. The van der Waals surface area contributed by atoms with Crippen molar-refractivity contribution in [3.8, 4) is 17.6 Å². The molecule has 26 heavy (non-hydrogen) atoms. The lowest BCUT2D eigenvalue weighted by atomic mass is 9.99. The van der Waals surface area contributed by atoms with Crippen LogP contribution in [-0.2, 0) is 0 Å². The van der Waals surface area contributed by atoms with Crippen LogP contribution in [0.25, 0.3) is 17.0 Å². The van der Waals surface area contributed by atoms with Gasteiger partial charge < -0.3 is 14.5 Å². The summed E-state index contributed by atoms with van der Waals surface area (Å²) in [5.74, 6) is 1.00. The fraction of sp³-hybridized carbons (Fsp3) is 0.143. The van der Waals surface area contributed by atoms with Crippen LogP contribution in [0.1, 0.15) is 21.6 Å². The number of hydrogen-bond donors (Lipinski definition) is 1. The Morgan fingerprint density at radius 3 is 2.73 bits per heavy atom. The summed E-state index contributed by atoms with van der Waals surface area (Å²) in [6.45, 7) is 2.84. The number of aromatic amines is 1. The number of rotatable bonds is 3. The first kappa shape index (κ1) is 16.0. The predicted octanol–water partition coefficient (Wildman–Crippen LogP) is 4.04. The van der Waals surface area contributed by atoms with Crippen molar-refractivity contribution in [2.45, 2.75) is 6.92 Å². The Labute approximate surface area is 150 Å². The fourth-order valence-electron chi connectivity index (χ4n) is 3.17. The number of allylic oxidation sites excluding steroid dienone is 1. The molecular weight excluding hydrogens is 328 g/mol. The smallest absolute Gasteiger partial charge is 0.205 e. The molecule has 1 aliphatic rings. The lowest BCUT2D eigenvalue weighted by Gasteiger charge is -2.18. The second-order valence-electron chi connectivity index (χ2n) is 6.07. The minimum absolute atomic E-state index is 0.0783. The molecule has 128 valence electrons. The maximum Gasteiger partial charge on any atom is 0.205 e. The van der Waals surface area contributed by atoms with E-state index in [4.69, 9.17) is 9.47 Å². The number of aryl methyl sites for hydroxylation is 1. The molecule has 0 radical (unpaired) electrons. The van der Waals surface area contributed by atoms with Gasteiger partial charge in [0.25, 0.3) is 0 Å². The summed E-state index contributed by atoms with van der Waals surface area (Å²) in [5, 5.41) is 10.4. The number of nitriles is 1. The minimum atomic E-state index is -0.294. The number of para-hydroxylation sites is 1. The Hall–Kier alpha value is -3.52. The number of nitrogens with zero attached hydrogens (tertiary/aromatic N) is 1. The van der Waals surface area contributed by atoms with Gasteiger partial charge >= 0.3 is 0 Å². The summed E-state index contributed by atoms with van der Waals surface area (Å²) in [5.41, 5.74) is 2.96. The Kier molecular flexibility index (Phi) is 3.94. The molecule has 0 saturated heterocycles. The zero-order chi connectivity index (χ0) is 18.1. The van der Waals surface area contributed by atoms with Crippen molar-refractivity contribution < 1.29 is 14.3 Å². The Balaban J connectivity index is 1.75. The topological polar surface area (TPSA) is 75.1 Å². The van der Waals surface area contributed by atoms with Gasteiger partial charge in [0.15, 0.2) is 11.5 Å². The van der Waals surface area contributed by atoms with Crippen LogP contribution in [0.15, 0.2) is 48.0 Å². The van der Waals surface area contributed by atoms with Crippen LogP contribution < -0.4 is 9.47 Å². The molecule has 5 nitrogen and oxygen atoms in total. The monoisotopic (exact) mass is 344 g/mol. The number of carbonyl (C=O) groups excluding carboxylic acids is 1. The fourth-order valence-corrected chi connectivity index (χ4v) is 3.17. The normalized spacial score (nSPS) is 13.5. The van der Waals surface area contributed by atoms with Crippen molar-refractivity contribution >= 4 is 22.8 Å². The molecule has 0 unspecified atom stereocenters. The van der Waals surface area contributed by atoms with E-state index in [1.165, 1.54) is 0 Å². The van der Waals surface area contributed by atoms with E-state index in [1.807, 2.05) is 37.3 Å². The lowest BCUT2D eigenvalue weighted by Crippen LogP contribution is -2.15. The Morgan fingerprint density at radius 2 is 1.92 bits per heavy atom. The maximum atomic E-state index is 13.0. The van der Waals surface area contributed by atoms with E-state index in [1.54, 1.807) is 24.3 Å². The molecular formula is C21H16N2O3. The third-order valence-corrected chi connectivity index (χ3v) is 4.36. The van der Waals surface area contributed by atoms with Gasteiger partial charge in [-0.2, -0.15) is 5.26 Å². The van der Waals surface area contributed by atoms with E-state index in [-0.39, 0.29) is 11.4 Å². The number of ether oxygens (including phenoxy) is 2. The summed E-state index contributed by atoms with van der Waals surface area (Å²) in [6.07, 6.45) is 1.59. The highest BCUT2D eigenvalue weighted by atomic mass is 16.6. The van der Waals surface area contributed by atoms with Crippen LogP contribution in [0.5, 0.6) is 11.5 Å². The Morgan fingerprint density at radius 1 is 1.15 bits per heavy atom. The SMILES string of the molecule is Cc1[nH]c2ccccc2c1C(=O)/C(C#N)=C/c1ccc2c(c1)OCCO2. The molecule has 0 amide bonds. The Bertz CT molecular complexity index is 1090. The van der Waals surface area contributed by atoms with Gasteiger partial charge in [-0.1, -0.05) is 24.3 Å². The third kappa shape index (κ3) is 2.72. The largest absolute Gasteiger partial charge is 0.486 e. The minimum Gasteiger partial charge on any atom is -0.486 e. The molecule has 4 rings (SSSR count). The van der Waals surface area contributed by atoms with Gasteiger partial charge in [-0.05, 0) is 36.8 Å². The van der Waals surface area contributed by atoms with Crippen LogP contribution in [-0.4, -0.2) is 24.0 Å². The third-order valence-electron chi connectivity index (χ3n) is 4.36. The molecule has 0 bridgehead atoms. The zero-order valence-electron chi connectivity index (χ0n) is 14.2. The molecule has 1 aliphatic heterocycles. The van der Waals surface area contributed by atoms with Crippen LogP contribution in [0.3, 0.4) is 0 Å². The number of nitrogens with one attached hydrogen (secondary N) is 1. The van der Waals surface area contributed by atoms with Gasteiger partial charge in [0.1, 0.15) is 24.9 Å². The van der Waals surface area contributed by atoms with Crippen LogP contribution in [0, 0.1) is 18.3 Å². The van der Waals surface area contributed by atoms with Crippen LogP contribution >= 0.6 is 0 Å². The second kappa shape index (κ2) is 6.41. The molecule has 0 saturated carbocycles. The van der Waals surface area contributed by atoms with Gasteiger partial charge in [-0.25, -0.2) is 0 Å². The van der Waals surface area contributed by atoms with E-state index < -0.39 is 0 Å². The van der Waals surface area contributed by atoms with Gasteiger partial charge in [-0.15, -0.1) is 0 Å². The van der Waals surface area contributed by atoms with Crippen LogP contribution in [0.4, 0.5) is 0 Å². The molecule has 1 N–H and O–H groups in total. The van der Waals surface area contributed by atoms with Crippen molar-refractivity contribution in [3.05, 3.63) is 64.9 Å². The number of benzene rings is 2. The van der Waals surface area contributed by atoms with E-state index in [0.29, 0.717) is 30.3 Å². The number of fused-ring (bicyclic) bond motifs is 2. The first-order valence-corrected chi connectivity index (χ1v) is 8.31. The zero-order valence-corrected chi connectivity index (χ0v) is 14.2. The number of carbonyl (C=O) groups is 1. The van der Waals surface area contributed by atoms with Crippen LogP contribution in [0.2, 0.25) is 0 Å². The maximum absolute atomic E-state index is 13.0. The van der Waals surface area contributed by atoms with Gasteiger partial charge in [0, 0.05) is 16.6 Å². The van der Waals surface area contributed by atoms with Crippen molar-refractivity contribution in [1.82, 2.24) is 4.98 Å². The molecule has 0 fully saturated rings. The molecule has 0 atom stereocenters. The average molecular weight is 344 g/mol. The highest BCUT2D eigenvalue weighted by Crippen LogP contribution is 2.32. The lowest BCUT2D eigenvalue weighted by molar-refractivity contribution is 0.104. The molecule has 3 aromatic rings. The summed E-state index contributed by atoms with van der Waals surface area (Å²) in [6, 6.07) is 15.0. The summed E-state index contributed by atoms with van der Waals surface area (Å²) in [4.78, 5) is 16.2. The number of hydrogen-bond acceptors (Lipinski definition) is 4. The molecule has 0 spiro atoms. The van der Waals surface area contributed by atoms with Crippen molar-refractivity contribution in [2.75, 3.05) is 13.2 Å². The van der Waals surface area contributed by atoms with Gasteiger partial charge in [0.05, 0.1) is 5.56 Å². The number of ketones is 1. The molecule has 1 aromatic heterocycles. The molecule has 2 heterocycles. The summed E-state index contributed by atoms with van der Waals surface area (Å²) < 4.78 is 11.1. The van der Waals surface area contributed by atoms with E-state index >= 15 is 0 Å². The van der Waals surface area contributed by atoms with E-state index in [9.17, 15) is 10.1 Å². The number of Topliss-reactive ketones (excluding diaryl/α,β-unsaturated/α-hetero) is 1. The van der Waals surface area contributed by atoms with Gasteiger partial charge in [0.2, 0.25) is 5.78 Å². The van der Waals surface area contributed by atoms with E-state index in [0.717, 1.165) is 22.2 Å². The van der Waals surface area contributed by atoms with Crippen molar-refractivity contribution in [2.24, 2.45) is 0 Å². The quantitative estimate of drug-likeness (QED) is 0.442. The average Bonchev–Trinajstić information content (AvgIpc) is 3.01. The number of aromatic nitrogens is 1. The standard InChI is InChI=1S/C21H16N2O3/c1-13-20(16-4-2-3-5-17(16)23-13)21(24)15(12-22)10-14-6-7-18-19(11-14)26-9-8-25-18/h2-7,10-11,23H,8-9H2,1H3/b15-10+. The number of H-pyrrole nitrogens is 1. The molecule has 2 aromatic carbocycles. The summed E-state index contributed by atoms with van der Waals surface area (Å²) in [7, 11) is 0. The molecule has 0 aliphatic carbocycles. The van der Waals surface area contributed by atoms with Gasteiger partial charge in [-0.3, -0.25) is 4.79 Å². The van der Waals surface area contributed by atoms with Crippen molar-refractivity contribution in [1.29, 1.82) is 5.26 Å². The predicted molar refractivity (Wildman–Crippen MR) is 98.4 cm³/mol. The second-order valence-corrected chi connectivity index (χ2v) is 6.07. The summed E-state index contributed by atoms with van der Waals surface area (Å²) >= 11 is 0. The molecule has 5 heteroatoms. The highest BCUT2D eigenvalue weighted by Gasteiger charge is 2.20. The van der Waals surface area contributed by atoms with Crippen molar-refractivity contribution in [3.63, 3.8) is 0 Å². The highest BCUT2D eigenvalue weighted by molar-refractivity contribution is 6.20. The van der Waals surface area contributed by atoms with E-state index in [2.05, 4.69) is 4.98 Å². The first-order valence-electron chi connectivity index (χ1n) is 8.31.